The van der Waals surface area contributed by atoms with Crippen LogP contribution in [0.3, 0.4) is 0 Å². The molecule has 0 aliphatic heterocycles. The number of hydrogen-bond donors (Lipinski definition) is 0. The molecule has 0 saturated carbocycles. The van der Waals surface area contributed by atoms with Gasteiger partial charge in [0.15, 0.2) is 0 Å². The number of nitrogens with zero attached hydrogens (tertiary/aromatic N) is 1. The summed E-state index contributed by atoms with van der Waals surface area (Å²) in [6.07, 6.45) is 0. The first-order chi connectivity index (χ1) is 8.20. The third-order valence-corrected chi connectivity index (χ3v) is 2.48. The highest BCUT2D eigenvalue weighted by molar-refractivity contribution is 5.66. The smallest absolute Gasteiger partial charge is 0.270 e. The van der Waals surface area contributed by atoms with Gasteiger partial charge in [-0.05, 0) is 23.3 Å². The monoisotopic (exact) mass is 229 g/mol. The van der Waals surface area contributed by atoms with Crippen LogP contribution >= 0.6 is 0 Å². The summed E-state index contributed by atoms with van der Waals surface area (Å²) in [6.45, 7) is 0. The van der Waals surface area contributed by atoms with E-state index < -0.39 is 4.92 Å². The van der Waals surface area contributed by atoms with E-state index in [4.69, 9.17) is 4.74 Å². The van der Waals surface area contributed by atoms with Crippen molar-refractivity contribution in [2.75, 3.05) is 7.11 Å². The fourth-order valence-electron chi connectivity index (χ4n) is 1.58. The molecule has 0 bridgehead atoms. The average Bonchev–Trinajstić information content (AvgIpc) is 2.39. The van der Waals surface area contributed by atoms with Crippen molar-refractivity contribution < 1.29 is 9.66 Å². The Labute approximate surface area is 98.6 Å². The molecule has 0 atom stereocenters. The van der Waals surface area contributed by atoms with Crippen LogP contribution < -0.4 is 4.74 Å². The maximum Gasteiger partial charge on any atom is 0.270 e. The second-order valence-corrected chi connectivity index (χ2v) is 3.54. The van der Waals surface area contributed by atoms with Crippen molar-refractivity contribution in [3.63, 3.8) is 0 Å². The molecule has 86 valence electrons. The zero-order valence-electron chi connectivity index (χ0n) is 9.29. The summed E-state index contributed by atoms with van der Waals surface area (Å²) in [7, 11) is 1.60. The van der Waals surface area contributed by atoms with E-state index >= 15 is 0 Å². The molecular formula is C13H11NO3. The number of rotatable bonds is 3. The van der Waals surface area contributed by atoms with Gasteiger partial charge in [0.05, 0.1) is 12.0 Å². The van der Waals surface area contributed by atoms with Crippen molar-refractivity contribution in [3.05, 3.63) is 58.6 Å². The molecule has 2 aromatic rings. The maximum atomic E-state index is 10.7. The highest BCUT2D eigenvalue weighted by atomic mass is 16.6. The van der Waals surface area contributed by atoms with Crippen LogP contribution in [0.15, 0.2) is 48.5 Å². The van der Waals surface area contributed by atoms with E-state index in [9.17, 15) is 10.1 Å². The van der Waals surface area contributed by atoms with Crippen molar-refractivity contribution >= 4 is 5.69 Å². The minimum absolute atomic E-state index is 0.0957. The number of non-ortho nitro benzene ring substituents is 1. The van der Waals surface area contributed by atoms with Gasteiger partial charge in [0.1, 0.15) is 5.75 Å². The van der Waals surface area contributed by atoms with Crippen LogP contribution in [0.1, 0.15) is 0 Å². The molecule has 0 fully saturated rings. The lowest BCUT2D eigenvalue weighted by Crippen LogP contribution is -1.88. The zero-order valence-corrected chi connectivity index (χ0v) is 9.29. The van der Waals surface area contributed by atoms with E-state index in [2.05, 4.69) is 0 Å². The van der Waals surface area contributed by atoms with E-state index in [0.717, 1.165) is 16.9 Å². The van der Waals surface area contributed by atoms with Gasteiger partial charge in [-0.1, -0.05) is 24.3 Å². The van der Waals surface area contributed by atoms with Gasteiger partial charge >= 0.3 is 0 Å². The number of methoxy groups -OCH3 is 1. The van der Waals surface area contributed by atoms with Crippen LogP contribution in [-0.2, 0) is 0 Å². The zero-order chi connectivity index (χ0) is 12.3. The van der Waals surface area contributed by atoms with Crippen molar-refractivity contribution in [2.24, 2.45) is 0 Å². The van der Waals surface area contributed by atoms with Crippen LogP contribution in [0.5, 0.6) is 5.75 Å². The van der Waals surface area contributed by atoms with Crippen LogP contribution in [-0.4, -0.2) is 12.0 Å². The minimum atomic E-state index is -0.396. The van der Waals surface area contributed by atoms with Gasteiger partial charge in [-0.15, -0.1) is 0 Å². The fraction of sp³-hybridized carbons (Fsp3) is 0.0769. The first-order valence-corrected chi connectivity index (χ1v) is 5.09. The Hall–Kier alpha value is -2.36. The predicted octanol–water partition coefficient (Wildman–Crippen LogP) is 3.27. The van der Waals surface area contributed by atoms with E-state index in [1.54, 1.807) is 19.2 Å². The molecule has 17 heavy (non-hydrogen) atoms. The van der Waals surface area contributed by atoms with E-state index in [1.165, 1.54) is 6.07 Å². The summed E-state index contributed by atoms with van der Waals surface area (Å²) in [5.41, 5.74) is 1.84. The number of hydrogen-bond acceptors (Lipinski definition) is 3. The highest BCUT2D eigenvalue weighted by Gasteiger charge is 2.06. The number of nitro groups is 1. The van der Waals surface area contributed by atoms with Gasteiger partial charge in [0.2, 0.25) is 0 Å². The summed E-state index contributed by atoms with van der Waals surface area (Å²) in [5, 5.41) is 10.7. The Morgan fingerprint density at radius 3 is 2.35 bits per heavy atom. The first-order valence-electron chi connectivity index (χ1n) is 5.09. The molecule has 4 nitrogen and oxygen atoms in total. The first kappa shape index (κ1) is 11.1. The van der Waals surface area contributed by atoms with Crippen LogP contribution in [0, 0.1) is 10.1 Å². The van der Waals surface area contributed by atoms with Crippen LogP contribution in [0.25, 0.3) is 11.1 Å². The molecule has 2 aromatic carbocycles. The minimum Gasteiger partial charge on any atom is -0.497 e. The molecule has 0 aliphatic rings. The molecule has 0 aromatic heterocycles. The van der Waals surface area contributed by atoms with Crippen LogP contribution in [0.2, 0.25) is 0 Å². The molecule has 0 aliphatic carbocycles. The van der Waals surface area contributed by atoms with Crippen LogP contribution in [0.4, 0.5) is 5.69 Å². The molecule has 0 spiro atoms. The largest absolute Gasteiger partial charge is 0.497 e. The lowest BCUT2D eigenvalue weighted by atomic mass is 10.1. The summed E-state index contributed by atoms with van der Waals surface area (Å²) < 4.78 is 5.06. The van der Waals surface area contributed by atoms with Crippen molar-refractivity contribution in [1.29, 1.82) is 0 Å². The van der Waals surface area contributed by atoms with E-state index in [-0.39, 0.29) is 5.69 Å². The van der Waals surface area contributed by atoms with Gasteiger partial charge in [-0.25, -0.2) is 0 Å². The summed E-state index contributed by atoms with van der Waals surface area (Å²) in [5.74, 6) is 0.763. The molecule has 0 saturated heterocycles. The molecule has 2 rings (SSSR count). The Morgan fingerprint density at radius 2 is 1.76 bits per heavy atom. The summed E-state index contributed by atoms with van der Waals surface area (Å²) in [6, 6.07) is 14.0. The molecule has 0 radical (unpaired) electrons. The summed E-state index contributed by atoms with van der Waals surface area (Å²) >= 11 is 0. The number of ether oxygens (including phenoxy) is 1. The second kappa shape index (κ2) is 4.65. The lowest BCUT2D eigenvalue weighted by Gasteiger charge is -2.03. The molecule has 0 N–H and O–H groups in total. The quantitative estimate of drug-likeness (QED) is 0.599. The molecule has 0 heterocycles. The second-order valence-electron chi connectivity index (χ2n) is 3.54. The van der Waals surface area contributed by atoms with Crippen molar-refractivity contribution in [1.82, 2.24) is 0 Å². The Bertz CT molecular complexity index is 535. The van der Waals surface area contributed by atoms with Gasteiger partial charge < -0.3 is 4.74 Å². The standard InChI is InChI=1S/C13H11NO3/c1-17-13-7-5-10(6-8-13)11-3-2-4-12(9-11)14(15)16/h2-9H,1H3. The van der Waals surface area contributed by atoms with Gasteiger partial charge in [0, 0.05) is 12.1 Å². The topological polar surface area (TPSA) is 52.4 Å². The third kappa shape index (κ3) is 2.42. The number of benzene rings is 2. The Balaban J connectivity index is 2.38. The van der Waals surface area contributed by atoms with Gasteiger partial charge in [0.25, 0.3) is 5.69 Å². The summed E-state index contributed by atoms with van der Waals surface area (Å²) in [4.78, 5) is 10.3. The van der Waals surface area contributed by atoms with E-state index in [1.807, 2.05) is 30.3 Å². The van der Waals surface area contributed by atoms with Gasteiger partial charge in [-0.3, -0.25) is 10.1 Å². The maximum absolute atomic E-state index is 10.7. The average molecular weight is 229 g/mol. The third-order valence-electron chi connectivity index (χ3n) is 2.48. The van der Waals surface area contributed by atoms with Crippen molar-refractivity contribution in [3.8, 4) is 16.9 Å². The molecule has 0 unspecified atom stereocenters. The molecular weight excluding hydrogens is 218 g/mol. The van der Waals surface area contributed by atoms with Gasteiger partial charge in [-0.2, -0.15) is 0 Å². The van der Waals surface area contributed by atoms with Crippen molar-refractivity contribution in [2.45, 2.75) is 0 Å². The Morgan fingerprint density at radius 1 is 1.06 bits per heavy atom. The fourth-order valence-corrected chi connectivity index (χ4v) is 1.58. The SMILES string of the molecule is COc1ccc(-c2cccc([N+](=O)[O-])c2)cc1. The molecule has 4 heteroatoms. The predicted molar refractivity (Wildman–Crippen MR) is 65.1 cm³/mol. The molecule has 0 amide bonds. The normalized spacial score (nSPS) is 9.94. The van der Waals surface area contributed by atoms with E-state index in [0.29, 0.717) is 0 Å². The Kier molecular flexibility index (Phi) is 3.05. The number of nitro benzene ring substituents is 1. The highest BCUT2D eigenvalue weighted by Crippen LogP contribution is 2.25. The lowest BCUT2D eigenvalue weighted by molar-refractivity contribution is -0.384.